The molecule has 2 aliphatic heterocycles. The van der Waals surface area contributed by atoms with Gasteiger partial charge in [0.2, 0.25) is 0 Å². The molecule has 3 unspecified atom stereocenters. The Kier molecular flexibility index (Phi) is 2.93. The average molecular weight is 281 g/mol. The van der Waals surface area contributed by atoms with E-state index in [9.17, 15) is 9.59 Å². The van der Waals surface area contributed by atoms with Gasteiger partial charge in [-0.1, -0.05) is 0 Å². The molecular formula is C12H15N3O3S. The van der Waals surface area contributed by atoms with E-state index < -0.39 is 11.9 Å². The van der Waals surface area contributed by atoms with Crippen LogP contribution in [0.4, 0.5) is 9.93 Å². The minimum atomic E-state index is -0.796. The average Bonchev–Trinajstić information content (AvgIpc) is 3.02. The lowest BCUT2D eigenvalue weighted by molar-refractivity contribution is -0.142. The van der Waals surface area contributed by atoms with Crippen molar-refractivity contribution >= 4 is 28.5 Å². The molecule has 6 nitrogen and oxygen atoms in total. The van der Waals surface area contributed by atoms with Crippen molar-refractivity contribution in [3.05, 3.63) is 11.1 Å². The van der Waals surface area contributed by atoms with E-state index in [1.165, 1.54) is 11.3 Å². The zero-order chi connectivity index (χ0) is 13.6. The van der Waals surface area contributed by atoms with Crippen LogP contribution in [0.5, 0.6) is 0 Å². The van der Waals surface area contributed by atoms with Gasteiger partial charge in [-0.2, -0.15) is 0 Å². The van der Waals surface area contributed by atoms with Crippen LogP contribution < -0.4 is 5.32 Å². The first-order valence-electron chi connectivity index (χ1n) is 6.31. The molecule has 1 aromatic rings. The van der Waals surface area contributed by atoms with E-state index >= 15 is 0 Å². The number of amides is 2. The molecule has 2 fully saturated rings. The summed E-state index contributed by atoms with van der Waals surface area (Å²) >= 11 is 1.42. The van der Waals surface area contributed by atoms with Crippen LogP contribution in [-0.4, -0.2) is 39.1 Å². The van der Waals surface area contributed by atoms with Gasteiger partial charge in [0.05, 0.1) is 5.92 Å². The van der Waals surface area contributed by atoms with Gasteiger partial charge >= 0.3 is 12.0 Å². The molecule has 0 aliphatic carbocycles. The van der Waals surface area contributed by atoms with E-state index in [-0.39, 0.29) is 18.1 Å². The summed E-state index contributed by atoms with van der Waals surface area (Å²) in [6.07, 6.45) is 3.97. The number of aromatic nitrogens is 1. The maximum absolute atomic E-state index is 12.2. The van der Waals surface area contributed by atoms with Crippen LogP contribution in [0.15, 0.2) is 6.20 Å². The van der Waals surface area contributed by atoms with Crippen molar-refractivity contribution in [3.8, 4) is 0 Å². The minimum Gasteiger partial charge on any atom is -0.481 e. The molecule has 3 heterocycles. The number of thiazole rings is 1. The molecular weight excluding hydrogens is 266 g/mol. The summed E-state index contributed by atoms with van der Waals surface area (Å²) in [6, 6.07) is -0.318. The zero-order valence-electron chi connectivity index (χ0n) is 10.5. The maximum atomic E-state index is 12.2. The number of carbonyl (C=O) groups excluding carboxylic acids is 1. The van der Waals surface area contributed by atoms with Gasteiger partial charge in [0.1, 0.15) is 0 Å². The molecule has 102 valence electrons. The number of aryl methyl sites for hydroxylation is 1. The second-order valence-corrected chi connectivity index (χ2v) is 6.33. The number of urea groups is 1. The van der Waals surface area contributed by atoms with Crippen molar-refractivity contribution in [1.29, 1.82) is 0 Å². The highest BCUT2D eigenvalue weighted by Crippen LogP contribution is 2.42. The van der Waals surface area contributed by atoms with Crippen molar-refractivity contribution in [3.63, 3.8) is 0 Å². The van der Waals surface area contributed by atoms with Crippen molar-refractivity contribution in [2.24, 2.45) is 5.92 Å². The summed E-state index contributed by atoms with van der Waals surface area (Å²) in [5.74, 6) is -1.21. The van der Waals surface area contributed by atoms with E-state index in [0.29, 0.717) is 11.6 Å². The number of anilines is 1. The molecule has 2 saturated heterocycles. The van der Waals surface area contributed by atoms with E-state index in [1.54, 1.807) is 11.1 Å². The van der Waals surface area contributed by atoms with E-state index in [2.05, 4.69) is 10.3 Å². The molecule has 0 spiro atoms. The second kappa shape index (κ2) is 4.48. The zero-order valence-corrected chi connectivity index (χ0v) is 11.3. The number of hydrogen-bond donors (Lipinski definition) is 2. The Balaban J connectivity index is 1.72. The molecule has 2 bridgehead atoms. The first-order valence-corrected chi connectivity index (χ1v) is 7.12. The highest BCUT2D eigenvalue weighted by Gasteiger charge is 2.51. The van der Waals surface area contributed by atoms with Crippen molar-refractivity contribution in [1.82, 2.24) is 9.88 Å². The van der Waals surface area contributed by atoms with E-state index in [1.807, 2.05) is 6.92 Å². The number of carbonyl (C=O) groups is 2. The fourth-order valence-corrected chi connectivity index (χ4v) is 3.79. The van der Waals surface area contributed by atoms with Gasteiger partial charge in [0.25, 0.3) is 0 Å². The number of nitrogens with zero attached hydrogens (tertiary/aromatic N) is 2. The molecule has 2 N–H and O–H groups in total. The third-order valence-corrected chi connectivity index (χ3v) is 4.75. The van der Waals surface area contributed by atoms with Gasteiger partial charge in [-0.15, -0.1) is 11.3 Å². The lowest BCUT2D eigenvalue weighted by Crippen LogP contribution is -2.40. The summed E-state index contributed by atoms with van der Waals surface area (Å²) in [5, 5.41) is 12.5. The van der Waals surface area contributed by atoms with Gasteiger partial charge in [0.15, 0.2) is 5.13 Å². The molecule has 7 heteroatoms. The van der Waals surface area contributed by atoms with Crippen LogP contribution in [0.25, 0.3) is 0 Å². The number of carboxylic acids is 1. The summed E-state index contributed by atoms with van der Waals surface area (Å²) < 4.78 is 0. The van der Waals surface area contributed by atoms with Crippen molar-refractivity contribution in [2.45, 2.75) is 38.3 Å². The quantitative estimate of drug-likeness (QED) is 0.867. The number of rotatable bonds is 2. The number of hydrogen-bond acceptors (Lipinski definition) is 4. The highest BCUT2D eigenvalue weighted by molar-refractivity contribution is 7.15. The van der Waals surface area contributed by atoms with Crippen molar-refractivity contribution in [2.75, 3.05) is 5.32 Å². The third kappa shape index (κ3) is 2.07. The van der Waals surface area contributed by atoms with E-state index in [4.69, 9.17) is 5.11 Å². The topological polar surface area (TPSA) is 82.5 Å². The molecule has 19 heavy (non-hydrogen) atoms. The number of aliphatic carboxylic acids is 1. The van der Waals surface area contributed by atoms with Crippen molar-refractivity contribution < 1.29 is 14.7 Å². The Labute approximate surface area is 114 Å². The van der Waals surface area contributed by atoms with Crippen LogP contribution in [0.3, 0.4) is 0 Å². The van der Waals surface area contributed by atoms with Crippen LogP contribution in [0.2, 0.25) is 0 Å². The van der Waals surface area contributed by atoms with Crippen LogP contribution >= 0.6 is 11.3 Å². The molecule has 2 amide bonds. The Hall–Kier alpha value is -1.63. The molecule has 0 radical (unpaired) electrons. The second-order valence-electron chi connectivity index (χ2n) is 5.09. The smallest absolute Gasteiger partial charge is 0.324 e. The summed E-state index contributed by atoms with van der Waals surface area (Å²) in [4.78, 5) is 30.2. The van der Waals surface area contributed by atoms with Crippen LogP contribution in [0, 0.1) is 12.8 Å². The van der Waals surface area contributed by atoms with Gasteiger partial charge in [0, 0.05) is 23.2 Å². The lowest BCUT2D eigenvalue weighted by Gasteiger charge is -2.22. The Morgan fingerprint density at radius 3 is 2.89 bits per heavy atom. The molecule has 0 saturated carbocycles. The maximum Gasteiger partial charge on any atom is 0.324 e. The van der Waals surface area contributed by atoms with Crippen LogP contribution in [0.1, 0.15) is 24.1 Å². The monoisotopic (exact) mass is 281 g/mol. The van der Waals surface area contributed by atoms with Crippen LogP contribution in [-0.2, 0) is 4.79 Å². The molecule has 2 aliphatic rings. The Morgan fingerprint density at radius 2 is 2.32 bits per heavy atom. The molecule has 1 aromatic heterocycles. The largest absolute Gasteiger partial charge is 0.481 e. The van der Waals surface area contributed by atoms with Gasteiger partial charge in [-0.25, -0.2) is 9.78 Å². The Bertz CT molecular complexity index is 530. The summed E-state index contributed by atoms with van der Waals surface area (Å²) in [7, 11) is 0. The van der Waals surface area contributed by atoms with E-state index in [0.717, 1.165) is 17.7 Å². The molecule has 3 rings (SSSR count). The third-order valence-electron chi connectivity index (χ3n) is 3.92. The Morgan fingerprint density at radius 1 is 1.53 bits per heavy atom. The SMILES string of the molecule is Cc1cnc(NC(=O)N2C3CCC2C(C(=O)O)C3)s1. The number of nitrogens with one attached hydrogen (secondary N) is 1. The number of carboxylic acid groups (broad SMARTS) is 1. The lowest BCUT2D eigenvalue weighted by atomic mass is 9.89. The molecule has 0 aromatic carbocycles. The fraction of sp³-hybridized carbons (Fsp3) is 0.583. The normalized spacial score (nSPS) is 28.7. The molecule has 3 atom stereocenters. The van der Waals surface area contributed by atoms with Gasteiger partial charge in [-0.05, 0) is 26.2 Å². The standard InChI is InChI=1S/C12H15N3O3S/c1-6-5-13-11(19-6)14-12(18)15-7-2-3-9(15)8(4-7)10(16)17/h5,7-9H,2-4H2,1H3,(H,16,17)(H,13,14,18). The predicted octanol–water partition coefficient (Wildman–Crippen LogP) is 1.92. The summed E-state index contributed by atoms with van der Waals surface area (Å²) in [5.41, 5.74) is 0. The first-order chi connectivity index (χ1) is 9.06. The first kappa shape index (κ1) is 12.4. The summed E-state index contributed by atoms with van der Waals surface area (Å²) in [6.45, 7) is 1.92. The minimum absolute atomic E-state index is 0.0622. The van der Waals surface area contributed by atoms with Gasteiger partial charge in [-0.3, -0.25) is 10.1 Å². The predicted molar refractivity (Wildman–Crippen MR) is 70.3 cm³/mol. The number of fused-ring (bicyclic) bond motifs is 2. The highest BCUT2D eigenvalue weighted by atomic mass is 32.1. The fourth-order valence-electron chi connectivity index (χ4n) is 3.14. The van der Waals surface area contributed by atoms with Gasteiger partial charge < -0.3 is 10.0 Å².